The summed E-state index contributed by atoms with van der Waals surface area (Å²) in [5.74, 6) is 0.850. The highest BCUT2D eigenvalue weighted by Crippen LogP contribution is 2.43. The van der Waals surface area contributed by atoms with Crippen LogP contribution in [0.2, 0.25) is 16.6 Å². The number of rotatable bonds is 20. The van der Waals surface area contributed by atoms with Crippen molar-refractivity contribution in [2.45, 2.75) is 135 Å². The maximum absolute atomic E-state index is 10.1. The second-order valence-corrected chi connectivity index (χ2v) is 16.7. The number of hydrogen-bond acceptors (Lipinski definition) is 4. The molecule has 0 saturated heterocycles. The summed E-state index contributed by atoms with van der Waals surface area (Å²) >= 11 is 0. The predicted molar refractivity (Wildman–Crippen MR) is 152 cm³/mol. The molecule has 0 heterocycles. The van der Waals surface area contributed by atoms with Crippen molar-refractivity contribution >= 4 is 8.32 Å². The van der Waals surface area contributed by atoms with Crippen molar-refractivity contribution in [1.29, 1.82) is 0 Å². The maximum atomic E-state index is 10.1. The highest BCUT2D eigenvalue weighted by molar-refractivity contribution is 6.77. The summed E-state index contributed by atoms with van der Waals surface area (Å²) in [4.78, 5) is 0. The zero-order valence-corrected chi connectivity index (χ0v) is 25.2. The summed E-state index contributed by atoms with van der Waals surface area (Å²) in [6, 6.07) is 8.08. The summed E-state index contributed by atoms with van der Waals surface area (Å²) in [5, 5.41) is 10.1. The molecule has 35 heavy (non-hydrogen) atoms. The van der Waals surface area contributed by atoms with Crippen LogP contribution in [0.3, 0.4) is 0 Å². The normalized spacial score (nSPS) is 14.2. The minimum absolute atomic E-state index is 0.113. The predicted octanol–water partition coefficient (Wildman–Crippen LogP) is 8.67. The molecule has 204 valence electrons. The van der Waals surface area contributed by atoms with Gasteiger partial charge in [0.2, 0.25) is 0 Å². The van der Waals surface area contributed by atoms with Gasteiger partial charge >= 0.3 is 0 Å². The van der Waals surface area contributed by atoms with Crippen molar-refractivity contribution in [3.05, 3.63) is 29.8 Å². The van der Waals surface area contributed by atoms with Gasteiger partial charge in [-0.25, -0.2) is 0 Å². The molecule has 4 nitrogen and oxygen atoms in total. The molecule has 1 aromatic rings. The first-order valence-electron chi connectivity index (χ1n) is 14.2. The van der Waals surface area contributed by atoms with E-state index in [-0.39, 0.29) is 6.61 Å². The van der Waals surface area contributed by atoms with E-state index in [0.29, 0.717) is 36.3 Å². The number of ether oxygens (including phenoxy) is 2. The Labute approximate surface area is 218 Å². The molecule has 0 aliphatic heterocycles. The van der Waals surface area contributed by atoms with E-state index >= 15 is 0 Å². The molecule has 0 aliphatic rings. The van der Waals surface area contributed by atoms with E-state index in [1.54, 1.807) is 7.11 Å². The van der Waals surface area contributed by atoms with Gasteiger partial charge in [-0.2, -0.15) is 0 Å². The minimum atomic E-state index is -2.03. The highest BCUT2D eigenvalue weighted by atomic mass is 28.4. The van der Waals surface area contributed by atoms with Crippen LogP contribution in [-0.2, 0) is 15.8 Å². The molecule has 0 fully saturated rings. The van der Waals surface area contributed by atoms with Gasteiger partial charge in [0.05, 0.1) is 25.9 Å². The van der Waals surface area contributed by atoms with Crippen molar-refractivity contribution in [1.82, 2.24) is 0 Å². The van der Waals surface area contributed by atoms with Crippen LogP contribution in [0.4, 0.5) is 0 Å². The molecule has 0 unspecified atom stereocenters. The van der Waals surface area contributed by atoms with Crippen LogP contribution in [-0.4, -0.2) is 39.3 Å². The molecule has 0 saturated carbocycles. The summed E-state index contributed by atoms with van der Waals surface area (Å²) < 4.78 is 19.1. The van der Waals surface area contributed by atoms with Crippen LogP contribution in [0, 0.1) is 0 Å². The fourth-order valence-electron chi connectivity index (χ4n) is 5.78. The third-order valence-electron chi connectivity index (χ3n) is 7.80. The van der Waals surface area contributed by atoms with Gasteiger partial charge < -0.3 is 19.0 Å². The quantitative estimate of drug-likeness (QED) is 0.141. The molecule has 0 amide bonds. The smallest absolute Gasteiger partial charge is 0.200 e. The molecular formula is C30H56O4Si. The molecule has 0 aliphatic carbocycles. The molecule has 1 rings (SSSR count). The molecule has 0 radical (unpaired) electrons. The van der Waals surface area contributed by atoms with Crippen LogP contribution in [0.5, 0.6) is 5.75 Å². The number of unbranched alkanes of at least 4 members (excludes halogenated alkanes) is 6. The molecular weight excluding hydrogens is 452 g/mol. The first-order valence-corrected chi connectivity index (χ1v) is 16.3. The van der Waals surface area contributed by atoms with Gasteiger partial charge in [0.15, 0.2) is 8.32 Å². The lowest BCUT2D eigenvalue weighted by molar-refractivity contribution is -0.104. The monoisotopic (exact) mass is 508 g/mol. The van der Waals surface area contributed by atoms with Gasteiger partial charge in [-0.3, -0.25) is 0 Å². The van der Waals surface area contributed by atoms with Crippen molar-refractivity contribution in [2.75, 3.05) is 20.3 Å². The fraction of sp³-hybridized carbons (Fsp3) is 0.800. The first-order chi connectivity index (χ1) is 16.7. The topological polar surface area (TPSA) is 47.9 Å². The Bertz CT molecular complexity index is 637. The summed E-state index contributed by atoms with van der Waals surface area (Å²) in [7, 11) is -0.348. The van der Waals surface area contributed by atoms with Crippen LogP contribution in [0.1, 0.15) is 112 Å². The zero-order chi connectivity index (χ0) is 26.3. The average molecular weight is 509 g/mol. The average Bonchev–Trinajstić information content (AvgIpc) is 2.82. The van der Waals surface area contributed by atoms with Gasteiger partial charge in [0.1, 0.15) is 5.75 Å². The minimum Gasteiger partial charge on any atom is -0.497 e. The molecule has 0 aromatic heterocycles. The van der Waals surface area contributed by atoms with E-state index in [0.717, 1.165) is 24.2 Å². The van der Waals surface area contributed by atoms with Gasteiger partial charge in [-0.15, -0.1) is 0 Å². The van der Waals surface area contributed by atoms with E-state index in [2.05, 4.69) is 60.6 Å². The second kappa shape index (κ2) is 16.8. The number of methoxy groups -OCH3 is 1. The Morgan fingerprint density at radius 2 is 1.34 bits per heavy atom. The van der Waals surface area contributed by atoms with Gasteiger partial charge in [0.25, 0.3) is 0 Å². The summed E-state index contributed by atoms with van der Waals surface area (Å²) in [5.41, 5.74) is 2.22. The van der Waals surface area contributed by atoms with Crippen LogP contribution in [0.15, 0.2) is 24.3 Å². The Hall–Kier alpha value is -0.883. The van der Waals surface area contributed by atoms with E-state index < -0.39 is 13.9 Å². The highest BCUT2D eigenvalue weighted by Gasteiger charge is 2.47. The Kier molecular flexibility index (Phi) is 15.4. The van der Waals surface area contributed by atoms with E-state index in [1.165, 1.54) is 38.5 Å². The number of hydrogen-bond donors (Lipinski definition) is 1. The van der Waals surface area contributed by atoms with Crippen LogP contribution >= 0.6 is 0 Å². The lowest BCUT2D eigenvalue weighted by Crippen LogP contribution is -2.52. The van der Waals surface area contributed by atoms with Gasteiger partial charge in [-0.05, 0) is 40.7 Å². The second-order valence-electron chi connectivity index (χ2n) is 11.3. The number of aliphatic hydroxyl groups is 1. The molecule has 0 spiro atoms. The number of aliphatic hydroxyl groups excluding tert-OH is 1. The largest absolute Gasteiger partial charge is 0.497 e. The first kappa shape index (κ1) is 32.1. The van der Waals surface area contributed by atoms with Crippen molar-refractivity contribution in [2.24, 2.45) is 0 Å². The third kappa shape index (κ3) is 10.2. The zero-order valence-electron chi connectivity index (χ0n) is 24.2. The van der Waals surface area contributed by atoms with Crippen molar-refractivity contribution in [3.8, 4) is 5.75 Å². The maximum Gasteiger partial charge on any atom is 0.200 e. The molecule has 1 aromatic carbocycles. The molecule has 0 bridgehead atoms. The third-order valence-corrected chi connectivity index (χ3v) is 13.9. The summed E-state index contributed by atoms with van der Waals surface area (Å²) in [6.45, 7) is 17.4. The van der Waals surface area contributed by atoms with E-state index in [4.69, 9.17) is 13.9 Å². The van der Waals surface area contributed by atoms with Crippen LogP contribution in [0.25, 0.3) is 0 Å². The van der Waals surface area contributed by atoms with Crippen molar-refractivity contribution < 1.29 is 19.0 Å². The van der Waals surface area contributed by atoms with Gasteiger partial charge in [-0.1, -0.05) is 106 Å². The van der Waals surface area contributed by atoms with Gasteiger partial charge in [0, 0.05) is 13.0 Å². The van der Waals surface area contributed by atoms with Crippen LogP contribution < -0.4 is 4.74 Å². The fourth-order valence-corrected chi connectivity index (χ4v) is 11.3. The standard InChI is InChI=1S/C30H56O4Si/c1-9-10-11-12-13-14-15-20-30(21-22-31,33-23-28-16-18-29(32-8)19-17-28)24-34-35(25(2)3,26(4)5)27(6)7/h16-19,25-27,31H,9-15,20-24H2,1-8H3/t30-/m0/s1. The molecule has 5 heteroatoms. The van der Waals surface area contributed by atoms with Crippen molar-refractivity contribution in [3.63, 3.8) is 0 Å². The Morgan fingerprint density at radius 1 is 0.800 bits per heavy atom. The molecule has 1 N–H and O–H groups in total. The summed E-state index contributed by atoms with van der Waals surface area (Å²) in [6.07, 6.45) is 10.4. The van der Waals surface area contributed by atoms with E-state index in [9.17, 15) is 5.11 Å². The lowest BCUT2D eigenvalue weighted by atomic mass is 9.92. The number of benzene rings is 1. The van der Waals surface area contributed by atoms with E-state index in [1.807, 2.05) is 12.1 Å². The molecule has 1 atom stereocenters. The Morgan fingerprint density at radius 3 is 1.83 bits per heavy atom. The lowest BCUT2D eigenvalue weighted by Gasteiger charge is -2.45. The SMILES string of the molecule is CCCCCCCCC[C@](CCO)(CO[Si](C(C)C)(C(C)C)C(C)C)OCc1ccc(OC)cc1. The Balaban J connectivity index is 3.03.